The fourth-order valence-corrected chi connectivity index (χ4v) is 8.21. The third-order valence-corrected chi connectivity index (χ3v) is 10.3. The van der Waals surface area contributed by atoms with Crippen LogP contribution in [0.4, 0.5) is 17.1 Å². The van der Waals surface area contributed by atoms with Crippen LogP contribution in [-0.4, -0.2) is 0 Å². The van der Waals surface area contributed by atoms with Gasteiger partial charge in [-0.05, 0) is 53.6 Å². The highest BCUT2D eigenvalue weighted by molar-refractivity contribution is 7.26. The van der Waals surface area contributed by atoms with Gasteiger partial charge < -0.3 is 13.7 Å². The lowest BCUT2D eigenvalue weighted by atomic mass is 10.0. The van der Waals surface area contributed by atoms with E-state index in [0.717, 1.165) is 66.5 Å². The molecule has 0 amide bonds. The van der Waals surface area contributed by atoms with E-state index in [2.05, 4.69) is 132 Å². The molecular formula is C42H25NO2S. The summed E-state index contributed by atoms with van der Waals surface area (Å²) >= 11 is 1.83. The number of benzene rings is 7. The normalized spacial score (nSPS) is 11.9. The van der Waals surface area contributed by atoms with Crippen molar-refractivity contribution in [3.05, 3.63) is 152 Å². The number of thiophene rings is 1. The van der Waals surface area contributed by atoms with Gasteiger partial charge in [-0.15, -0.1) is 11.3 Å². The van der Waals surface area contributed by atoms with E-state index in [0.29, 0.717) is 0 Å². The van der Waals surface area contributed by atoms with Gasteiger partial charge in [-0.25, -0.2) is 0 Å². The molecule has 0 atom stereocenters. The molecule has 46 heavy (non-hydrogen) atoms. The van der Waals surface area contributed by atoms with Gasteiger partial charge in [0.25, 0.3) is 0 Å². The molecule has 0 aliphatic carbocycles. The zero-order valence-corrected chi connectivity index (χ0v) is 25.4. The number of rotatable bonds is 4. The van der Waals surface area contributed by atoms with E-state index in [1.807, 2.05) is 35.6 Å². The van der Waals surface area contributed by atoms with E-state index in [4.69, 9.17) is 8.83 Å². The first-order chi connectivity index (χ1) is 22.8. The standard InChI is InChI=1S/C42H25NO2S/c1-2-12-26(13-3-1)27-14-10-15-28(24-27)43(34-20-11-19-31-30-17-6-9-23-38(30)46-42(31)34)40-39-32-18-5-8-22-36(32)44-37(39)25-33-29-16-4-7-21-35(29)45-41(33)40/h1-25H. The molecule has 3 aromatic heterocycles. The summed E-state index contributed by atoms with van der Waals surface area (Å²) in [4.78, 5) is 2.40. The van der Waals surface area contributed by atoms with Gasteiger partial charge >= 0.3 is 0 Å². The molecule has 216 valence electrons. The zero-order chi connectivity index (χ0) is 30.2. The molecule has 0 aliphatic rings. The molecule has 0 bridgehead atoms. The Balaban J connectivity index is 1.39. The van der Waals surface area contributed by atoms with Crippen LogP contribution in [0.3, 0.4) is 0 Å². The second-order valence-electron chi connectivity index (χ2n) is 11.7. The Morgan fingerprint density at radius 3 is 2.00 bits per heavy atom. The molecule has 0 saturated carbocycles. The van der Waals surface area contributed by atoms with Crippen LogP contribution in [0.5, 0.6) is 0 Å². The van der Waals surface area contributed by atoms with Crippen molar-refractivity contribution in [3.8, 4) is 11.1 Å². The van der Waals surface area contributed by atoms with Gasteiger partial charge in [0, 0.05) is 37.3 Å². The Hall–Kier alpha value is -5.84. The van der Waals surface area contributed by atoms with Gasteiger partial charge in [-0.2, -0.15) is 0 Å². The maximum absolute atomic E-state index is 6.84. The van der Waals surface area contributed by atoms with Crippen LogP contribution >= 0.6 is 11.3 Å². The summed E-state index contributed by atoms with van der Waals surface area (Å²) in [5.41, 5.74) is 8.83. The molecule has 3 heterocycles. The summed E-state index contributed by atoms with van der Waals surface area (Å²) in [6.45, 7) is 0. The Morgan fingerprint density at radius 2 is 1.13 bits per heavy atom. The summed E-state index contributed by atoms with van der Waals surface area (Å²) in [6, 6.07) is 53.5. The molecule has 4 heteroatoms. The quantitative estimate of drug-likeness (QED) is 0.199. The van der Waals surface area contributed by atoms with Gasteiger partial charge in [0.1, 0.15) is 22.4 Å². The van der Waals surface area contributed by atoms with Gasteiger partial charge in [-0.3, -0.25) is 0 Å². The Morgan fingerprint density at radius 1 is 0.457 bits per heavy atom. The Bertz CT molecular complexity index is 2760. The fraction of sp³-hybridized carbons (Fsp3) is 0. The van der Waals surface area contributed by atoms with Crippen LogP contribution in [-0.2, 0) is 0 Å². The van der Waals surface area contributed by atoms with E-state index in [9.17, 15) is 0 Å². The molecule has 0 unspecified atom stereocenters. The lowest BCUT2D eigenvalue weighted by molar-refractivity contribution is 0.664. The number of hydrogen-bond donors (Lipinski definition) is 0. The highest BCUT2D eigenvalue weighted by atomic mass is 32.1. The van der Waals surface area contributed by atoms with Crippen LogP contribution in [0.25, 0.3) is 75.2 Å². The topological polar surface area (TPSA) is 29.5 Å². The molecular weight excluding hydrogens is 583 g/mol. The molecule has 0 radical (unpaired) electrons. The first kappa shape index (κ1) is 25.5. The highest BCUT2D eigenvalue weighted by Gasteiger charge is 2.27. The van der Waals surface area contributed by atoms with Crippen LogP contribution < -0.4 is 4.90 Å². The van der Waals surface area contributed by atoms with E-state index in [-0.39, 0.29) is 0 Å². The van der Waals surface area contributed by atoms with Crippen LogP contribution in [0.1, 0.15) is 0 Å². The molecule has 3 nitrogen and oxygen atoms in total. The minimum absolute atomic E-state index is 0.836. The molecule has 10 rings (SSSR count). The minimum atomic E-state index is 0.836. The largest absolute Gasteiger partial charge is 0.456 e. The van der Waals surface area contributed by atoms with Gasteiger partial charge in [0.2, 0.25) is 0 Å². The summed E-state index contributed by atoms with van der Waals surface area (Å²) in [5, 5.41) is 6.70. The Labute approximate surface area is 268 Å². The summed E-state index contributed by atoms with van der Waals surface area (Å²) < 4.78 is 15.9. The Kier molecular flexibility index (Phi) is 5.45. The van der Waals surface area contributed by atoms with Crippen molar-refractivity contribution in [3.63, 3.8) is 0 Å². The lowest BCUT2D eigenvalue weighted by Crippen LogP contribution is -2.11. The first-order valence-electron chi connectivity index (χ1n) is 15.4. The number of para-hydroxylation sites is 2. The van der Waals surface area contributed by atoms with Crippen molar-refractivity contribution >= 4 is 92.4 Å². The molecule has 0 aliphatic heterocycles. The molecule has 0 fully saturated rings. The molecule has 7 aromatic carbocycles. The molecule has 10 aromatic rings. The van der Waals surface area contributed by atoms with E-state index in [1.54, 1.807) is 0 Å². The van der Waals surface area contributed by atoms with E-state index >= 15 is 0 Å². The highest BCUT2D eigenvalue weighted by Crippen LogP contribution is 2.52. The summed E-state index contributed by atoms with van der Waals surface area (Å²) in [5.74, 6) is 0. The number of fused-ring (bicyclic) bond motifs is 9. The van der Waals surface area contributed by atoms with Crippen molar-refractivity contribution in [1.82, 2.24) is 0 Å². The van der Waals surface area contributed by atoms with Crippen LogP contribution in [0.2, 0.25) is 0 Å². The maximum atomic E-state index is 6.84. The van der Waals surface area contributed by atoms with E-state index in [1.165, 1.54) is 25.7 Å². The first-order valence-corrected chi connectivity index (χ1v) is 16.2. The number of furan rings is 2. The van der Waals surface area contributed by atoms with Crippen molar-refractivity contribution in [2.75, 3.05) is 4.90 Å². The predicted octanol–water partition coefficient (Wildman–Crippen LogP) is 13.0. The van der Waals surface area contributed by atoms with Crippen molar-refractivity contribution in [1.29, 1.82) is 0 Å². The molecule has 0 saturated heterocycles. The SMILES string of the molecule is c1ccc(-c2cccc(N(c3cccc4c3sc3ccccc34)c3c4oc5ccccc5c4cc4oc5ccccc5c34)c2)cc1. The minimum Gasteiger partial charge on any atom is -0.456 e. The van der Waals surface area contributed by atoms with Gasteiger partial charge in [0.15, 0.2) is 5.58 Å². The number of hydrogen-bond acceptors (Lipinski definition) is 4. The monoisotopic (exact) mass is 607 g/mol. The van der Waals surface area contributed by atoms with Crippen molar-refractivity contribution < 1.29 is 8.83 Å². The average Bonchev–Trinajstić information content (AvgIpc) is 3.80. The fourth-order valence-electron chi connectivity index (χ4n) is 7.01. The summed E-state index contributed by atoms with van der Waals surface area (Å²) in [7, 11) is 0. The average molecular weight is 608 g/mol. The lowest BCUT2D eigenvalue weighted by Gasteiger charge is -2.27. The van der Waals surface area contributed by atoms with Crippen molar-refractivity contribution in [2.45, 2.75) is 0 Å². The smallest absolute Gasteiger partial charge is 0.160 e. The predicted molar refractivity (Wildman–Crippen MR) is 194 cm³/mol. The third-order valence-electron chi connectivity index (χ3n) is 9.04. The van der Waals surface area contributed by atoms with E-state index < -0.39 is 0 Å². The van der Waals surface area contributed by atoms with Crippen LogP contribution in [0.15, 0.2) is 160 Å². The van der Waals surface area contributed by atoms with Crippen molar-refractivity contribution in [2.24, 2.45) is 0 Å². The number of nitrogens with zero attached hydrogens (tertiary/aromatic N) is 1. The van der Waals surface area contributed by atoms with Gasteiger partial charge in [0.05, 0.1) is 15.8 Å². The third kappa shape index (κ3) is 3.71. The van der Waals surface area contributed by atoms with Gasteiger partial charge in [-0.1, -0.05) is 109 Å². The maximum Gasteiger partial charge on any atom is 0.160 e. The molecule has 0 N–H and O–H groups in total. The zero-order valence-electron chi connectivity index (χ0n) is 24.6. The number of anilines is 3. The molecule has 0 spiro atoms. The second-order valence-corrected chi connectivity index (χ2v) is 12.7. The second kappa shape index (κ2) is 9.83. The van der Waals surface area contributed by atoms with Crippen LogP contribution in [0, 0.1) is 0 Å². The summed E-state index contributed by atoms with van der Waals surface area (Å²) in [6.07, 6.45) is 0.